The second-order valence-electron chi connectivity index (χ2n) is 7.12. The van der Waals surface area contributed by atoms with Gasteiger partial charge in [0.25, 0.3) is 6.47 Å². The molecule has 4 aromatic rings. The molecule has 0 bridgehead atoms. The molecule has 0 saturated carbocycles. The molecule has 0 atom stereocenters. The van der Waals surface area contributed by atoms with Gasteiger partial charge in [0.2, 0.25) is 5.78 Å². The molecule has 4 rings (SSSR count). The lowest BCUT2D eigenvalue weighted by Gasteiger charge is -2.09. The van der Waals surface area contributed by atoms with Crippen molar-refractivity contribution in [2.24, 2.45) is 0 Å². The van der Waals surface area contributed by atoms with Crippen LogP contribution in [0.3, 0.4) is 0 Å². The first-order chi connectivity index (χ1) is 16.0. The van der Waals surface area contributed by atoms with E-state index in [-0.39, 0.29) is 11.3 Å². The Morgan fingerprint density at radius 2 is 1.76 bits per heavy atom. The second-order valence-corrected chi connectivity index (χ2v) is 8.17. The van der Waals surface area contributed by atoms with Crippen LogP contribution in [-0.2, 0) is 9.53 Å². The number of ketones is 1. The molecule has 0 amide bonds. The highest BCUT2D eigenvalue weighted by Crippen LogP contribution is 2.43. The van der Waals surface area contributed by atoms with Gasteiger partial charge in [0.15, 0.2) is 5.75 Å². The highest BCUT2D eigenvalue weighted by molar-refractivity contribution is 7.21. The van der Waals surface area contributed by atoms with E-state index in [1.807, 2.05) is 12.1 Å². The highest BCUT2D eigenvalue weighted by atomic mass is 32.1. The number of rotatable bonds is 8. The number of halogens is 1. The number of fused-ring (bicyclic) bond motifs is 1. The van der Waals surface area contributed by atoms with Crippen molar-refractivity contribution in [2.75, 3.05) is 7.11 Å². The molecule has 0 saturated heterocycles. The van der Waals surface area contributed by atoms with E-state index in [1.54, 1.807) is 56.5 Å². The molecule has 0 unspecified atom stereocenters. The number of thiophene rings is 1. The lowest BCUT2D eigenvalue weighted by atomic mass is 10.0. The summed E-state index contributed by atoms with van der Waals surface area (Å²) >= 11 is 1.27. The summed E-state index contributed by atoms with van der Waals surface area (Å²) < 4.78 is 30.8. The van der Waals surface area contributed by atoms with Gasteiger partial charge in [0, 0.05) is 15.6 Å². The Morgan fingerprint density at radius 1 is 1.00 bits per heavy atom. The Bertz CT molecular complexity index is 1360. The first-order valence-corrected chi connectivity index (χ1v) is 10.8. The Morgan fingerprint density at radius 3 is 2.48 bits per heavy atom. The van der Waals surface area contributed by atoms with Crippen LogP contribution >= 0.6 is 11.3 Å². The first kappa shape index (κ1) is 22.2. The molecule has 0 aliphatic heterocycles. The Hall–Kier alpha value is -3.97. The second kappa shape index (κ2) is 9.67. The van der Waals surface area contributed by atoms with Crippen molar-refractivity contribution in [1.82, 2.24) is 0 Å². The number of hydrogen-bond acceptors (Lipinski definition) is 6. The molecular weight excluding hydrogens is 443 g/mol. The zero-order chi connectivity index (χ0) is 23.4. The summed E-state index contributed by atoms with van der Waals surface area (Å²) in [6.45, 7) is 2.10. The van der Waals surface area contributed by atoms with Gasteiger partial charge in [-0.05, 0) is 66.6 Å². The molecule has 1 heterocycles. The van der Waals surface area contributed by atoms with Gasteiger partial charge < -0.3 is 14.2 Å². The number of methoxy groups -OCH3 is 1. The third-order valence-corrected chi connectivity index (χ3v) is 6.13. The van der Waals surface area contributed by atoms with Gasteiger partial charge in [0.1, 0.15) is 22.2 Å². The molecule has 0 aliphatic carbocycles. The minimum Gasteiger partial charge on any atom is -0.497 e. The van der Waals surface area contributed by atoms with Crippen molar-refractivity contribution in [1.29, 1.82) is 0 Å². The fourth-order valence-electron chi connectivity index (χ4n) is 3.31. The number of carbonyl (C=O) groups excluding carboxylic acids is 2. The van der Waals surface area contributed by atoms with Crippen LogP contribution in [0.2, 0.25) is 0 Å². The number of hydrogen-bond donors (Lipinski definition) is 0. The van der Waals surface area contributed by atoms with Crippen molar-refractivity contribution < 1.29 is 28.2 Å². The topological polar surface area (TPSA) is 61.8 Å². The highest BCUT2D eigenvalue weighted by Gasteiger charge is 2.24. The molecule has 5 nitrogen and oxygen atoms in total. The van der Waals surface area contributed by atoms with Crippen LogP contribution < -0.4 is 9.47 Å². The van der Waals surface area contributed by atoms with Crippen molar-refractivity contribution in [3.8, 4) is 17.2 Å². The van der Waals surface area contributed by atoms with E-state index < -0.39 is 5.82 Å². The summed E-state index contributed by atoms with van der Waals surface area (Å²) in [7, 11) is 1.57. The third-order valence-electron chi connectivity index (χ3n) is 5.00. The van der Waals surface area contributed by atoms with E-state index in [9.17, 15) is 14.0 Å². The van der Waals surface area contributed by atoms with E-state index in [1.165, 1.54) is 29.7 Å². The van der Waals surface area contributed by atoms with Gasteiger partial charge in [0.05, 0.1) is 13.4 Å². The summed E-state index contributed by atoms with van der Waals surface area (Å²) in [6, 6.07) is 16.7. The number of aryl methyl sites for hydroxylation is 1. The van der Waals surface area contributed by atoms with Crippen LogP contribution in [0.4, 0.5) is 4.39 Å². The Kier molecular flexibility index (Phi) is 6.51. The van der Waals surface area contributed by atoms with Crippen LogP contribution in [0, 0.1) is 12.7 Å². The summed E-state index contributed by atoms with van der Waals surface area (Å²) in [4.78, 5) is 24.1. The monoisotopic (exact) mass is 462 g/mol. The first-order valence-electron chi connectivity index (χ1n) is 9.95. The normalized spacial score (nSPS) is 11.0. The van der Waals surface area contributed by atoms with E-state index >= 15 is 0 Å². The average molecular weight is 462 g/mol. The Balaban J connectivity index is 1.76. The molecule has 33 heavy (non-hydrogen) atoms. The Labute approximate surface area is 193 Å². The molecule has 0 radical (unpaired) electrons. The largest absolute Gasteiger partial charge is 0.497 e. The molecule has 7 heteroatoms. The van der Waals surface area contributed by atoms with E-state index in [2.05, 4.69) is 4.74 Å². The maximum Gasteiger partial charge on any atom is 0.297 e. The smallest absolute Gasteiger partial charge is 0.297 e. The number of benzene rings is 3. The van der Waals surface area contributed by atoms with Gasteiger partial charge in [-0.1, -0.05) is 18.2 Å². The fraction of sp³-hybridized carbons (Fsp3) is 0.0769. The van der Waals surface area contributed by atoms with Crippen LogP contribution in [0.5, 0.6) is 17.2 Å². The standard InChI is InChI=1S/C26H19FO5S/c1-16-3-6-18(27)13-22(16)24(29)26-25(21-10-9-20(30-2)14-23(21)33-26)32-19-7-4-17(5-8-19)11-12-31-15-28/h3-15H,1-2H3/b12-11+. The van der Waals surface area contributed by atoms with E-state index in [4.69, 9.17) is 9.47 Å². The quantitative estimate of drug-likeness (QED) is 0.169. The molecule has 0 N–H and O–H groups in total. The molecule has 3 aromatic carbocycles. The van der Waals surface area contributed by atoms with Crippen molar-refractivity contribution in [3.05, 3.63) is 94.3 Å². The van der Waals surface area contributed by atoms with Gasteiger partial charge >= 0.3 is 0 Å². The zero-order valence-corrected chi connectivity index (χ0v) is 18.6. The summed E-state index contributed by atoms with van der Waals surface area (Å²) in [5, 5.41) is 0.751. The van der Waals surface area contributed by atoms with Crippen LogP contribution in [0.25, 0.3) is 16.2 Å². The number of ether oxygens (including phenoxy) is 3. The van der Waals surface area contributed by atoms with Crippen LogP contribution in [0.1, 0.15) is 26.4 Å². The lowest BCUT2D eigenvalue weighted by Crippen LogP contribution is -2.04. The van der Waals surface area contributed by atoms with E-state index in [0.717, 1.165) is 15.6 Å². The van der Waals surface area contributed by atoms with Gasteiger partial charge in [-0.25, -0.2) is 4.39 Å². The van der Waals surface area contributed by atoms with Crippen LogP contribution in [-0.4, -0.2) is 19.4 Å². The number of carbonyl (C=O) groups is 2. The molecule has 0 fully saturated rings. The fourth-order valence-corrected chi connectivity index (χ4v) is 4.42. The van der Waals surface area contributed by atoms with Gasteiger partial charge in [-0.15, -0.1) is 11.3 Å². The van der Waals surface area contributed by atoms with Gasteiger partial charge in [-0.2, -0.15) is 0 Å². The predicted molar refractivity (Wildman–Crippen MR) is 126 cm³/mol. The minimum atomic E-state index is -0.476. The molecule has 166 valence electrons. The molecular formula is C26H19FO5S. The predicted octanol–water partition coefficient (Wildman–Crippen LogP) is 6.52. The minimum absolute atomic E-state index is 0.286. The SMILES string of the molecule is COc1ccc2c(Oc3ccc(/C=C/OC=O)cc3)c(C(=O)c3cc(F)ccc3C)sc2c1. The van der Waals surface area contributed by atoms with Crippen LogP contribution in [0.15, 0.2) is 66.9 Å². The third kappa shape index (κ3) is 4.78. The maximum atomic E-state index is 13.9. The van der Waals surface area contributed by atoms with Crippen molar-refractivity contribution in [2.45, 2.75) is 6.92 Å². The van der Waals surface area contributed by atoms with Crippen molar-refractivity contribution >= 4 is 39.8 Å². The maximum absolute atomic E-state index is 13.9. The molecule has 1 aromatic heterocycles. The van der Waals surface area contributed by atoms with Gasteiger partial charge in [-0.3, -0.25) is 9.59 Å². The molecule has 0 spiro atoms. The van der Waals surface area contributed by atoms with Crippen molar-refractivity contribution in [3.63, 3.8) is 0 Å². The van der Waals surface area contributed by atoms with E-state index in [0.29, 0.717) is 34.2 Å². The summed E-state index contributed by atoms with van der Waals surface area (Å²) in [6.07, 6.45) is 2.91. The summed E-state index contributed by atoms with van der Waals surface area (Å²) in [5.41, 5.74) is 1.76. The lowest BCUT2D eigenvalue weighted by molar-refractivity contribution is -0.123. The average Bonchev–Trinajstić information content (AvgIpc) is 3.18. The zero-order valence-electron chi connectivity index (χ0n) is 17.8. The summed E-state index contributed by atoms with van der Waals surface area (Å²) in [5.74, 6) is 0.789. The molecule has 0 aliphatic rings.